The number of nitrogens with one attached hydrogen (secondary N) is 1. The first-order chi connectivity index (χ1) is 11.4. The molecule has 1 unspecified atom stereocenters. The SMILES string of the molecule is O=C(C1C=C(NOO)C=CC1)S(=O)(=O)CCCC1=C(O)OCC=C1. The summed E-state index contributed by atoms with van der Waals surface area (Å²) in [6.45, 7) is 0.279. The van der Waals surface area contributed by atoms with Crippen molar-refractivity contribution < 1.29 is 33.3 Å². The Bertz CT molecular complexity index is 703. The molecule has 0 radical (unpaired) electrons. The van der Waals surface area contributed by atoms with Crippen molar-refractivity contribution >= 4 is 15.0 Å². The molecule has 0 fully saturated rings. The van der Waals surface area contributed by atoms with Gasteiger partial charge in [0.15, 0.2) is 0 Å². The molecule has 9 heteroatoms. The molecule has 3 N–H and O–H groups in total. The highest BCUT2D eigenvalue weighted by molar-refractivity contribution is 8.06. The Kier molecular flexibility index (Phi) is 6.18. The van der Waals surface area contributed by atoms with E-state index >= 15 is 0 Å². The molecule has 1 atom stereocenters. The molecule has 24 heavy (non-hydrogen) atoms. The quantitative estimate of drug-likeness (QED) is 0.463. The number of carbonyl (C=O) groups excluding carboxylic acids is 1. The molecule has 132 valence electrons. The van der Waals surface area contributed by atoms with Crippen LogP contribution in [-0.2, 0) is 24.4 Å². The number of hydroxylamine groups is 1. The van der Waals surface area contributed by atoms with Crippen molar-refractivity contribution in [3.63, 3.8) is 0 Å². The summed E-state index contributed by atoms with van der Waals surface area (Å²) in [4.78, 5) is 16.0. The molecule has 1 heterocycles. The van der Waals surface area contributed by atoms with Crippen LogP contribution in [0.3, 0.4) is 0 Å². The predicted octanol–water partition coefficient (Wildman–Crippen LogP) is 1.52. The Hall–Kier alpha value is -2.10. The Balaban J connectivity index is 1.93. The number of allylic oxidation sites excluding steroid dienone is 5. The molecule has 0 spiro atoms. The third kappa shape index (κ3) is 4.70. The van der Waals surface area contributed by atoms with Crippen LogP contribution in [0.2, 0.25) is 0 Å². The van der Waals surface area contributed by atoms with E-state index in [4.69, 9.17) is 9.99 Å². The lowest BCUT2D eigenvalue weighted by molar-refractivity contribution is -0.282. The van der Waals surface area contributed by atoms with E-state index in [1.165, 1.54) is 6.08 Å². The van der Waals surface area contributed by atoms with Gasteiger partial charge in [0.05, 0.1) is 17.4 Å². The molecule has 0 saturated heterocycles. The van der Waals surface area contributed by atoms with Gasteiger partial charge in [0.25, 0.3) is 11.1 Å². The number of sulfone groups is 1. The smallest absolute Gasteiger partial charge is 0.280 e. The molecular weight excluding hydrogens is 338 g/mol. The van der Waals surface area contributed by atoms with Gasteiger partial charge in [0, 0.05) is 5.57 Å². The van der Waals surface area contributed by atoms with E-state index in [0.717, 1.165) is 0 Å². The monoisotopic (exact) mass is 357 g/mol. The van der Waals surface area contributed by atoms with Crippen molar-refractivity contribution in [2.24, 2.45) is 5.92 Å². The minimum absolute atomic E-state index is 0.193. The fourth-order valence-corrected chi connectivity index (χ4v) is 3.77. The number of ether oxygens (including phenoxy) is 1. The maximum absolute atomic E-state index is 12.2. The molecule has 0 bridgehead atoms. The second-order valence-corrected chi connectivity index (χ2v) is 7.39. The van der Waals surface area contributed by atoms with E-state index in [1.807, 2.05) is 0 Å². The maximum atomic E-state index is 12.2. The van der Waals surface area contributed by atoms with E-state index in [9.17, 15) is 18.3 Å². The van der Waals surface area contributed by atoms with Crippen LogP contribution in [0.4, 0.5) is 0 Å². The molecule has 2 rings (SSSR count). The summed E-state index contributed by atoms with van der Waals surface area (Å²) in [6.07, 6.45) is 8.71. The molecule has 1 aliphatic heterocycles. The summed E-state index contributed by atoms with van der Waals surface area (Å²) in [6, 6.07) is 0. The van der Waals surface area contributed by atoms with Gasteiger partial charge in [-0.15, -0.1) is 4.99 Å². The van der Waals surface area contributed by atoms with Crippen LogP contribution in [0.25, 0.3) is 0 Å². The lowest BCUT2D eigenvalue weighted by atomic mass is 10.0. The van der Waals surface area contributed by atoms with Crippen molar-refractivity contribution in [1.29, 1.82) is 0 Å². The average molecular weight is 357 g/mol. The number of aliphatic hydroxyl groups is 1. The standard InChI is InChI=1S/C15H19NO7S/c17-14-11(5-2-8-22-14)6-3-9-24(20,21)15(18)12-4-1-7-13(10-12)16-23-19/h1-2,5,7,10,12,16-17,19H,3-4,6,8-9H2. The van der Waals surface area contributed by atoms with Gasteiger partial charge in [-0.2, -0.15) is 0 Å². The third-order valence-electron chi connectivity index (χ3n) is 3.61. The normalized spacial score (nSPS) is 20.5. The molecule has 0 aromatic heterocycles. The summed E-state index contributed by atoms with van der Waals surface area (Å²) >= 11 is 0. The molecule has 2 aliphatic rings. The third-order valence-corrected chi connectivity index (χ3v) is 5.35. The molecular formula is C15H19NO7S. The fourth-order valence-electron chi connectivity index (χ4n) is 2.42. The second-order valence-electron chi connectivity index (χ2n) is 5.35. The largest absolute Gasteiger partial charge is 0.481 e. The van der Waals surface area contributed by atoms with Gasteiger partial charge in [0.2, 0.25) is 9.84 Å². The number of hydrogen-bond acceptors (Lipinski definition) is 8. The number of rotatable bonds is 7. The van der Waals surface area contributed by atoms with E-state index in [-0.39, 0.29) is 31.1 Å². The fraction of sp³-hybridized carbons (Fsp3) is 0.400. The zero-order valence-electron chi connectivity index (χ0n) is 12.8. The highest BCUT2D eigenvalue weighted by Gasteiger charge is 2.30. The van der Waals surface area contributed by atoms with Gasteiger partial charge in [-0.1, -0.05) is 12.2 Å². The lowest BCUT2D eigenvalue weighted by Gasteiger charge is -2.16. The number of carbonyl (C=O) groups is 1. The maximum Gasteiger partial charge on any atom is 0.280 e. The molecule has 0 saturated carbocycles. The van der Waals surface area contributed by atoms with Gasteiger partial charge < -0.3 is 9.84 Å². The highest BCUT2D eigenvalue weighted by Crippen LogP contribution is 2.21. The van der Waals surface area contributed by atoms with E-state index in [1.54, 1.807) is 24.3 Å². The van der Waals surface area contributed by atoms with Crippen LogP contribution in [-0.4, -0.2) is 36.3 Å². The van der Waals surface area contributed by atoms with E-state index in [0.29, 0.717) is 17.7 Å². The zero-order valence-corrected chi connectivity index (χ0v) is 13.7. The first-order valence-electron chi connectivity index (χ1n) is 7.37. The number of aliphatic hydroxyl groups excluding tert-OH is 1. The highest BCUT2D eigenvalue weighted by atomic mass is 32.2. The van der Waals surface area contributed by atoms with Gasteiger partial charge in [-0.3, -0.25) is 4.79 Å². The summed E-state index contributed by atoms with van der Waals surface area (Å²) in [5.41, 5.74) is 2.95. The Morgan fingerprint density at radius 3 is 2.88 bits per heavy atom. The topological polar surface area (TPSA) is 122 Å². The van der Waals surface area contributed by atoms with Crippen molar-refractivity contribution in [2.75, 3.05) is 12.4 Å². The first kappa shape index (κ1) is 18.2. The van der Waals surface area contributed by atoms with Crippen LogP contribution in [0.15, 0.2) is 47.6 Å². The van der Waals surface area contributed by atoms with Gasteiger partial charge in [-0.05, 0) is 37.5 Å². The summed E-state index contributed by atoms with van der Waals surface area (Å²) in [7, 11) is -3.93. The van der Waals surface area contributed by atoms with Crippen LogP contribution < -0.4 is 5.48 Å². The van der Waals surface area contributed by atoms with Crippen molar-refractivity contribution in [2.45, 2.75) is 19.3 Å². The summed E-state index contributed by atoms with van der Waals surface area (Å²) in [5, 5.41) is 17.0. The number of hydrogen-bond donors (Lipinski definition) is 3. The Labute approximate surface area is 139 Å². The Morgan fingerprint density at radius 1 is 1.38 bits per heavy atom. The van der Waals surface area contributed by atoms with Crippen molar-refractivity contribution in [3.8, 4) is 0 Å². The second kappa shape index (κ2) is 8.13. The molecule has 1 aliphatic carbocycles. The van der Waals surface area contributed by atoms with Crippen molar-refractivity contribution in [1.82, 2.24) is 5.48 Å². The average Bonchev–Trinajstić information content (AvgIpc) is 2.56. The van der Waals surface area contributed by atoms with Crippen molar-refractivity contribution in [3.05, 3.63) is 47.6 Å². The summed E-state index contributed by atoms with van der Waals surface area (Å²) < 4.78 is 29.3. The molecule has 0 aromatic carbocycles. The van der Waals surface area contributed by atoms with Gasteiger partial charge >= 0.3 is 0 Å². The lowest BCUT2D eigenvalue weighted by Crippen LogP contribution is -2.27. The van der Waals surface area contributed by atoms with Crippen LogP contribution in [0, 0.1) is 5.92 Å². The minimum atomic E-state index is -3.93. The van der Waals surface area contributed by atoms with E-state index < -0.39 is 20.9 Å². The van der Waals surface area contributed by atoms with Crippen LogP contribution in [0.1, 0.15) is 19.3 Å². The minimum Gasteiger partial charge on any atom is -0.481 e. The van der Waals surface area contributed by atoms with Gasteiger partial charge in [0.1, 0.15) is 6.61 Å². The predicted molar refractivity (Wildman–Crippen MR) is 85.0 cm³/mol. The zero-order chi connectivity index (χ0) is 17.6. The van der Waals surface area contributed by atoms with E-state index in [2.05, 4.69) is 10.5 Å². The van der Waals surface area contributed by atoms with Crippen LogP contribution >= 0.6 is 0 Å². The molecule has 8 nitrogen and oxygen atoms in total. The summed E-state index contributed by atoms with van der Waals surface area (Å²) in [5.74, 6) is -1.35. The van der Waals surface area contributed by atoms with Gasteiger partial charge in [-0.25, -0.2) is 19.2 Å². The first-order valence-corrected chi connectivity index (χ1v) is 9.02. The van der Waals surface area contributed by atoms with Crippen LogP contribution in [0.5, 0.6) is 0 Å². The molecule has 0 aromatic rings. The Morgan fingerprint density at radius 2 is 2.17 bits per heavy atom. The molecule has 0 amide bonds.